The predicted molar refractivity (Wildman–Crippen MR) is 142 cm³/mol. The lowest BCUT2D eigenvalue weighted by molar-refractivity contribution is -0.127. The monoisotopic (exact) mass is 523 g/mol. The molecule has 0 atom stereocenters. The molecule has 5 rings (SSSR count). The van der Waals surface area contributed by atoms with Crippen LogP contribution in [0, 0.1) is 0 Å². The van der Waals surface area contributed by atoms with Crippen molar-refractivity contribution < 1.29 is 22.7 Å². The largest absolute Gasteiger partial charge is 0.493 e. The van der Waals surface area contributed by atoms with Gasteiger partial charge in [0.1, 0.15) is 18.2 Å². The van der Waals surface area contributed by atoms with Crippen molar-refractivity contribution in [3.8, 4) is 11.5 Å². The van der Waals surface area contributed by atoms with Gasteiger partial charge in [-0.3, -0.25) is 9.10 Å². The highest BCUT2D eigenvalue weighted by Crippen LogP contribution is 2.37. The molecule has 194 valence electrons. The maximum absolute atomic E-state index is 12.1. The fourth-order valence-electron chi connectivity index (χ4n) is 4.85. The number of rotatable bonds is 7. The van der Waals surface area contributed by atoms with E-state index in [0.717, 1.165) is 16.6 Å². The number of nitrogens with zero attached hydrogens (tertiary/aromatic N) is 4. The Morgan fingerprint density at radius 2 is 1.92 bits per heavy atom. The molecule has 1 saturated heterocycles. The van der Waals surface area contributed by atoms with Crippen molar-refractivity contribution in [1.29, 1.82) is 0 Å². The Labute approximate surface area is 216 Å². The first-order chi connectivity index (χ1) is 17.8. The molecule has 3 aromatic rings. The molecule has 2 aromatic carbocycles. The van der Waals surface area contributed by atoms with Crippen molar-refractivity contribution >= 4 is 44.0 Å². The topological polar surface area (TPSA) is 114 Å². The highest BCUT2D eigenvalue weighted by molar-refractivity contribution is 7.92. The van der Waals surface area contributed by atoms with Gasteiger partial charge in [-0.25, -0.2) is 18.4 Å². The number of methoxy groups -OCH3 is 1. The number of amides is 1. The molecule has 11 heteroatoms. The minimum Gasteiger partial charge on any atom is -0.493 e. The zero-order chi connectivity index (χ0) is 26.2. The minimum atomic E-state index is -3.31. The van der Waals surface area contributed by atoms with E-state index in [1.54, 1.807) is 12.0 Å². The third kappa shape index (κ3) is 5.04. The number of carbonyl (C=O) groups excluding carboxylic acids is 1. The molecule has 1 fully saturated rings. The van der Waals surface area contributed by atoms with Crippen LogP contribution in [0.1, 0.15) is 18.4 Å². The van der Waals surface area contributed by atoms with Gasteiger partial charge in [0.05, 0.1) is 24.6 Å². The van der Waals surface area contributed by atoms with Crippen molar-refractivity contribution in [2.45, 2.75) is 25.4 Å². The van der Waals surface area contributed by atoms with Crippen LogP contribution in [-0.4, -0.2) is 68.3 Å². The Morgan fingerprint density at radius 3 is 2.62 bits per heavy atom. The van der Waals surface area contributed by atoms with E-state index in [0.29, 0.717) is 67.4 Å². The molecule has 37 heavy (non-hydrogen) atoms. The fraction of sp³-hybridized carbons (Fsp3) is 0.346. The zero-order valence-electron chi connectivity index (χ0n) is 20.8. The third-order valence-corrected chi connectivity index (χ3v) is 7.92. The van der Waals surface area contributed by atoms with E-state index in [4.69, 9.17) is 9.47 Å². The molecule has 0 bridgehead atoms. The molecular formula is C26H29N5O5S. The number of sulfonamides is 1. The highest BCUT2D eigenvalue weighted by atomic mass is 32.2. The van der Waals surface area contributed by atoms with Crippen molar-refractivity contribution in [1.82, 2.24) is 14.9 Å². The average molecular weight is 524 g/mol. The van der Waals surface area contributed by atoms with Crippen LogP contribution in [0.25, 0.3) is 10.9 Å². The van der Waals surface area contributed by atoms with Gasteiger partial charge in [-0.2, -0.15) is 0 Å². The summed E-state index contributed by atoms with van der Waals surface area (Å²) in [6, 6.07) is 9.30. The van der Waals surface area contributed by atoms with E-state index >= 15 is 0 Å². The number of carbonyl (C=O) groups is 1. The summed E-state index contributed by atoms with van der Waals surface area (Å²) in [5.74, 6) is 1.69. The number of anilines is 3. The summed E-state index contributed by atoms with van der Waals surface area (Å²) in [5.41, 5.74) is 3.16. The van der Waals surface area contributed by atoms with Crippen molar-refractivity contribution in [2.75, 3.05) is 42.6 Å². The van der Waals surface area contributed by atoms with Gasteiger partial charge in [0, 0.05) is 49.6 Å². The molecule has 3 heterocycles. The molecule has 0 saturated carbocycles. The van der Waals surface area contributed by atoms with Gasteiger partial charge in [-0.05, 0) is 42.3 Å². The standard InChI is InChI=1S/C26H29N5O5S/c1-4-25(32)30-10-8-19(9-11-30)36-24-14-20-21(15-23(24)35-2)27-16-28-26(20)29-18-5-6-22-17(13-18)7-12-31(22)37(3,33)34/h4-6,13-16,19H,1,7-12H2,2-3H3,(H,27,28,29). The van der Waals surface area contributed by atoms with Crippen LogP contribution in [0.2, 0.25) is 0 Å². The Morgan fingerprint density at radius 1 is 1.14 bits per heavy atom. The zero-order valence-corrected chi connectivity index (χ0v) is 21.6. The first-order valence-electron chi connectivity index (χ1n) is 12.0. The van der Waals surface area contributed by atoms with Gasteiger partial charge in [0.2, 0.25) is 15.9 Å². The second kappa shape index (κ2) is 9.89. The van der Waals surface area contributed by atoms with E-state index in [-0.39, 0.29) is 12.0 Å². The van der Waals surface area contributed by atoms with E-state index in [1.807, 2.05) is 30.3 Å². The normalized spacial score (nSPS) is 15.9. The van der Waals surface area contributed by atoms with Gasteiger partial charge in [-0.15, -0.1) is 0 Å². The SMILES string of the molecule is C=CC(=O)N1CCC(Oc2cc3c(Nc4ccc5c(c4)CCN5S(C)(=O)=O)ncnc3cc2OC)CC1. The van der Waals surface area contributed by atoms with Gasteiger partial charge in [0.25, 0.3) is 0 Å². The van der Waals surface area contributed by atoms with Crippen molar-refractivity contribution in [3.05, 3.63) is 54.9 Å². The number of aromatic nitrogens is 2. The summed E-state index contributed by atoms with van der Waals surface area (Å²) in [6.07, 6.45) is 6.04. The highest BCUT2D eigenvalue weighted by Gasteiger charge is 2.27. The minimum absolute atomic E-state index is 0.0595. The van der Waals surface area contributed by atoms with Crippen molar-refractivity contribution in [3.63, 3.8) is 0 Å². The average Bonchev–Trinajstić information content (AvgIpc) is 3.33. The summed E-state index contributed by atoms with van der Waals surface area (Å²) >= 11 is 0. The van der Waals surface area contributed by atoms with Crippen LogP contribution in [0.3, 0.4) is 0 Å². The number of likely N-dealkylation sites (tertiary alicyclic amines) is 1. The molecule has 0 radical (unpaired) electrons. The maximum Gasteiger partial charge on any atom is 0.245 e. The molecule has 2 aliphatic rings. The first-order valence-corrected chi connectivity index (χ1v) is 13.9. The molecule has 0 unspecified atom stereocenters. The molecule has 2 aliphatic heterocycles. The van der Waals surface area contributed by atoms with Crippen LogP contribution < -0.4 is 19.1 Å². The number of nitrogens with one attached hydrogen (secondary N) is 1. The quantitative estimate of drug-likeness (QED) is 0.470. The number of hydrogen-bond donors (Lipinski definition) is 1. The van der Waals surface area contributed by atoms with Gasteiger partial charge < -0.3 is 19.7 Å². The smallest absolute Gasteiger partial charge is 0.245 e. The van der Waals surface area contributed by atoms with E-state index in [1.165, 1.54) is 23.0 Å². The number of hydrogen-bond acceptors (Lipinski definition) is 8. The van der Waals surface area contributed by atoms with Crippen molar-refractivity contribution in [2.24, 2.45) is 0 Å². The molecule has 0 aliphatic carbocycles. The van der Waals surface area contributed by atoms with Crippen LogP contribution in [0.4, 0.5) is 17.2 Å². The summed E-state index contributed by atoms with van der Waals surface area (Å²) < 4.78 is 37.4. The lowest BCUT2D eigenvalue weighted by Gasteiger charge is -2.31. The van der Waals surface area contributed by atoms with Gasteiger partial charge in [0.15, 0.2) is 11.5 Å². The van der Waals surface area contributed by atoms with E-state index < -0.39 is 10.0 Å². The first kappa shape index (κ1) is 24.8. The number of fused-ring (bicyclic) bond motifs is 2. The van der Waals surface area contributed by atoms with E-state index in [2.05, 4.69) is 21.9 Å². The van der Waals surface area contributed by atoms with Gasteiger partial charge >= 0.3 is 0 Å². The lowest BCUT2D eigenvalue weighted by Crippen LogP contribution is -2.41. The predicted octanol–water partition coefficient (Wildman–Crippen LogP) is 3.26. The molecule has 1 aromatic heterocycles. The Balaban J connectivity index is 1.40. The molecular weight excluding hydrogens is 494 g/mol. The third-order valence-electron chi connectivity index (χ3n) is 6.74. The van der Waals surface area contributed by atoms with Gasteiger partial charge in [-0.1, -0.05) is 6.58 Å². The molecule has 0 spiro atoms. The molecule has 10 nitrogen and oxygen atoms in total. The van der Waals surface area contributed by atoms with Crippen LogP contribution in [0.5, 0.6) is 11.5 Å². The maximum atomic E-state index is 12.1. The van der Waals surface area contributed by atoms with E-state index in [9.17, 15) is 13.2 Å². The number of benzene rings is 2. The summed E-state index contributed by atoms with van der Waals surface area (Å²) in [6.45, 7) is 5.21. The number of piperidine rings is 1. The summed E-state index contributed by atoms with van der Waals surface area (Å²) in [7, 11) is -1.72. The summed E-state index contributed by atoms with van der Waals surface area (Å²) in [5, 5.41) is 4.11. The molecule has 1 N–H and O–H groups in total. The fourth-order valence-corrected chi connectivity index (χ4v) is 5.81. The Bertz CT molecular complexity index is 1470. The Kier molecular flexibility index (Phi) is 6.63. The Hall–Kier alpha value is -3.86. The number of ether oxygens (including phenoxy) is 2. The van der Waals surface area contributed by atoms with Crippen LogP contribution >= 0.6 is 0 Å². The second-order valence-corrected chi connectivity index (χ2v) is 11.0. The van der Waals surface area contributed by atoms with Crippen LogP contribution in [-0.2, 0) is 21.2 Å². The summed E-state index contributed by atoms with van der Waals surface area (Å²) in [4.78, 5) is 22.5. The lowest BCUT2D eigenvalue weighted by atomic mass is 10.1. The second-order valence-electron chi connectivity index (χ2n) is 9.14. The molecule has 1 amide bonds. The van der Waals surface area contributed by atoms with Crippen LogP contribution in [0.15, 0.2) is 49.3 Å².